The van der Waals surface area contributed by atoms with Crippen molar-refractivity contribution in [2.75, 3.05) is 0 Å². The second kappa shape index (κ2) is 10.1. The maximum absolute atomic E-state index is 12.9. The molecule has 0 aliphatic rings. The fourth-order valence-corrected chi connectivity index (χ4v) is 3.35. The number of hydrogen-bond donors (Lipinski definition) is 1. The molecule has 32 heavy (non-hydrogen) atoms. The van der Waals surface area contributed by atoms with Crippen molar-refractivity contribution in [2.24, 2.45) is 0 Å². The molecule has 5 heteroatoms. The first-order valence-corrected chi connectivity index (χ1v) is 10.2. The van der Waals surface area contributed by atoms with E-state index in [-0.39, 0.29) is 5.91 Å². The molecule has 0 bridgehead atoms. The van der Waals surface area contributed by atoms with Gasteiger partial charge in [-0.05, 0) is 47.5 Å². The van der Waals surface area contributed by atoms with E-state index in [1.165, 1.54) is 0 Å². The highest BCUT2D eigenvalue weighted by atomic mass is 16.5. The summed E-state index contributed by atoms with van der Waals surface area (Å²) >= 11 is 0. The Balaban J connectivity index is 1.41. The fraction of sp³-hybridized carbons (Fsp3) is 0.0741. The van der Waals surface area contributed by atoms with Crippen molar-refractivity contribution in [3.63, 3.8) is 0 Å². The van der Waals surface area contributed by atoms with Crippen LogP contribution < -0.4 is 10.1 Å². The van der Waals surface area contributed by atoms with Gasteiger partial charge in [-0.25, -0.2) is 0 Å². The minimum Gasteiger partial charge on any atom is -0.487 e. The standard InChI is InChI=1S/C27H21N3O2/c28-17-21-7-1-2-9-24(21)25-10-3-4-11-26(25)27(31)30-18-20-12-14-23(15-13-20)32-19-22-8-5-6-16-29-22/h1-16H,18-19H2,(H,30,31). The van der Waals surface area contributed by atoms with E-state index < -0.39 is 0 Å². The molecule has 4 rings (SSSR count). The molecule has 1 heterocycles. The van der Waals surface area contributed by atoms with Gasteiger partial charge in [0, 0.05) is 23.9 Å². The molecule has 1 aromatic heterocycles. The molecule has 156 valence electrons. The molecule has 0 atom stereocenters. The summed E-state index contributed by atoms with van der Waals surface area (Å²) in [5, 5.41) is 12.4. The molecule has 0 fully saturated rings. The van der Waals surface area contributed by atoms with E-state index in [0.29, 0.717) is 24.3 Å². The Hall–Kier alpha value is -4.43. The second-order valence-corrected chi connectivity index (χ2v) is 7.14. The number of pyridine rings is 1. The molecule has 0 spiro atoms. The smallest absolute Gasteiger partial charge is 0.252 e. The predicted octanol–water partition coefficient (Wildman–Crippen LogP) is 5.13. The highest BCUT2D eigenvalue weighted by Gasteiger charge is 2.14. The summed E-state index contributed by atoms with van der Waals surface area (Å²) in [6.45, 7) is 0.783. The average Bonchev–Trinajstić information content (AvgIpc) is 2.87. The number of ether oxygens (including phenoxy) is 1. The van der Waals surface area contributed by atoms with Crippen molar-refractivity contribution in [2.45, 2.75) is 13.2 Å². The van der Waals surface area contributed by atoms with Crippen molar-refractivity contribution in [1.29, 1.82) is 5.26 Å². The molecule has 0 aliphatic heterocycles. The molecule has 5 nitrogen and oxygen atoms in total. The Labute approximate surface area is 186 Å². The normalized spacial score (nSPS) is 10.2. The van der Waals surface area contributed by atoms with Crippen LogP contribution in [0.3, 0.4) is 0 Å². The number of benzene rings is 3. The highest BCUT2D eigenvalue weighted by molar-refractivity contribution is 6.01. The zero-order valence-electron chi connectivity index (χ0n) is 17.4. The van der Waals surface area contributed by atoms with Gasteiger partial charge >= 0.3 is 0 Å². The molecule has 0 saturated carbocycles. The molecule has 3 aromatic carbocycles. The second-order valence-electron chi connectivity index (χ2n) is 7.14. The van der Waals surface area contributed by atoms with E-state index in [2.05, 4.69) is 16.4 Å². The van der Waals surface area contributed by atoms with Crippen LogP contribution in [0.1, 0.15) is 27.2 Å². The first-order chi connectivity index (χ1) is 15.7. The summed E-state index contributed by atoms with van der Waals surface area (Å²) in [5.74, 6) is 0.549. The Morgan fingerprint density at radius 1 is 0.875 bits per heavy atom. The number of hydrogen-bond acceptors (Lipinski definition) is 4. The van der Waals surface area contributed by atoms with Gasteiger partial charge in [0.25, 0.3) is 5.91 Å². The van der Waals surface area contributed by atoms with E-state index in [0.717, 1.165) is 28.1 Å². The largest absolute Gasteiger partial charge is 0.487 e. The summed E-state index contributed by atoms with van der Waals surface area (Å²) < 4.78 is 5.75. The molecule has 1 N–H and O–H groups in total. The third-order valence-electron chi connectivity index (χ3n) is 5.00. The van der Waals surface area contributed by atoms with Crippen LogP contribution in [0.4, 0.5) is 0 Å². The number of nitrogens with zero attached hydrogens (tertiary/aromatic N) is 2. The van der Waals surface area contributed by atoms with Gasteiger partial charge in [0.05, 0.1) is 17.3 Å². The number of amides is 1. The van der Waals surface area contributed by atoms with Crippen molar-refractivity contribution < 1.29 is 9.53 Å². The minimum absolute atomic E-state index is 0.191. The minimum atomic E-state index is -0.191. The van der Waals surface area contributed by atoms with Gasteiger partial charge in [-0.3, -0.25) is 9.78 Å². The molecule has 0 radical (unpaired) electrons. The Morgan fingerprint density at radius 3 is 2.34 bits per heavy atom. The summed E-state index contributed by atoms with van der Waals surface area (Å²) in [5.41, 5.74) is 4.37. The van der Waals surface area contributed by atoms with Crippen molar-refractivity contribution in [1.82, 2.24) is 10.3 Å². The number of carbonyl (C=O) groups excluding carboxylic acids is 1. The molecular formula is C27H21N3O2. The van der Waals surface area contributed by atoms with Gasteiger partial charge in [0.15, 0.2) is 0 Å². The maximum atomic E-state index is 12.9. The van der Waals surface area contributed by atoms with Gasteiger partial charge in [-0.1, -0.05) is 54.6 Å². The van der Waals surface area contributed by atoms with E-state index >= 15 is 0 Å². The number of aromatic nitrogens is 1. The molecule has 0 aliphatic carbocycles. The Kier molecular flexibility index (Phi) is 6.54. The van der Waals surface area contributed by atoms with Gasteiger partial charge in [0.2, 0.25) is 0 Å². The van der Waals surface area contributed by atoms with Gasteiger partial charge in [0.1, 0.15) is 12.4 Å². The first-order valence-electron chi connectivity index (χ1n) is 10.2. The van der Waals surface area contributed by atoms with Crippen LogP contribution in [0, 0.1) is 11.3 Å². The summed E-state index contributed by atoms with van der Waals surface area (Å²) in [6, 6.07) is 30.1. The first kappa shape index (κ1) is 20.8. The highest BCUT2D eigenvalue weighted by Crippen LogP contribution is 2.27. The lowest BCUT2D eigenvalue weighted by molar-refractivity contribution is 0.0951. The maximum Gasteiger partial charge on any atom is 0.252 e. The zero-order chi connectivity index (χ0) is 22.2. The molecule has 0 saturated heterocycles. The fourth-order valence-electron chi connectivity index (χ4n) is 3.35. The molecule has 4 aromatic rings. The van der Waals surface area contributed by atoms with Crippen molar-refractivity contribution >= 4 is 5.91 Å². The monoisotopic (exact) mass is 419 g/mol. The van der Waals surface area contributed by atoms with Crippen LogP contribution in [0.5, 0.6) is 5.75 Å². The van der Waals surface area contributed by atoms with Crippen molar-refractivity contribution in [3.8, 4) is 22.9 Å². The van der Waals surface area contributed by atoms with Crippen LogP contribution in [-0.2, 0) is 13.2 Å². The lowest BCUT2D eigenvalue weighted by Crippen LogP contribution is -2.23. The number of nitriles is 1. The van der Waals surface area contributed by atoms with Gasteiger partial charge < -0.3 is 10.1 Å². The Bertz CT molecular complexity index is 1250. The summed E-state index contributed by atoms with van der Waals surface area (Å²) in [4.78, 5) is 17.2. The van der Waals surface area contributed by atoms with E-state index in [9.17, 15) is 10.1 Å². The van der Waals surface area contributed by atoms with E-state index in [4.69, 9.17) is 4.74 Å². The quantitative estimate of drug-likeness (QED) is 0.451. The molecular weight excluding hydrogens is 398 g/mol. The van der Waals surface area contributed by atoms with Crippen LogP contribution >= 0.6 is 0 Å². The van der Waals surface area contributed by atoms with Gasteiger partial charge in [-0.2, -0.15) is 5.26 Å². The summed E-state index contributed by atoms with van der Waals surface area (Å²) in [7, 11) is 0. The topological polar surface area (TPSA) is 75.0 Å². The van der Waals surface area contributed by atoms with Crippen LogP contribution in [0.2, 0.25) is 0 Å². The van der Waals surface area contributed by atoms with E-state index in [1.54, 1.807) is 18.3 Å². The molecule has 1 amide bonds. The van der Waals surface area contributed by atoms with Crippen LogP contribution in [-0.4, -0.2) is 10.9 Å². The third-order valence-corrected chi connectivity index (χ3v) is 5.00. The Morgan fingerprint density at radius 2 is 1.59 bits per heavy atom. The summed E-state index contributed by atoms with van der Waals surface area (Å²) in [6.07, 6.45) is 1.74. The van der Waals surface area contributed by atoms with Gasteiger partial charge in [-0.15, -0.1) is 0 Å². The number of rotatable bonds is 7. The third kappa shape index (κ3) is 5.00. The SMILES string of the molecule is N#Cc1ccccc1-c1ccccc1C(=O)NCc1ccc(OCc2ccccn2)cc1. The number of carbonyl (C=O) groups is 1. The average molecular weight is 419 g/mol. The van der Waals surface area contributed by atoms with Crippen LogP contribution in [0.25, 0.3) is 11.1 Å². The lowest BCUT2D eigenvalue weighted by Gasteiger charge is -2.12. The van der Waals surface area contributed by atoms with Crippen LogP contribution in [0.15, 0.2) is 97.2 Å². The number of nitrogens with one attached hydrogen (secondary N) is 1. The lowest BCUT2D eigenvalue weighted by atomic mass is 9.95. The zero-order valence-corrected chi connectivity index (χ0v) is 17.4. The van der Waals surface area contributed by atoms with E-state index in [1.807, 2.05) is 78.9 Å². The molecule has 0 unspecified atom stereocenters. The van der Waals surface area contributed by atoms with Crippen molar-refractivity contribution in [3.05, 3.63) is 120 Å². The predicted molar refractivity (Wildman–Crippen MR) is 123 cm³/mol.